The van der Waals surface area contributed by atoms with Crippen LogP contribution in [0.25, 0.3) is 0 Å². The van der Waals surface area contributed by atoms with Crippen molar-refractivity contribution in [2.75, 3.05) is 18.5 Å². The first-order chi connectivity index (χ1) is 6.88. The minimum atomic E-state index is 0.334. The molecule has 1 saturated heterocycles. The first kappa shape index (κ1) is 9.82. The van der Waals surface area contributed by atoms with E-state index in [0.717, 1.165) is 36.1 Å². The molecule has 1 aromatic heterocycles. The highest BCUT2D eigenvalue weighted by Gasteiger charge is 2.15. The summed E-state index contributed by atoms with van der Waals surface area (Å²) in [4.78, 5) is 0. The fraction of sp³-hybridized carbons (Fsp3) is 0.750. The van der Waals surface area contributed by atoms with Gasteiger partial charge in [-0.05, 0) is 12.8 Å². The van der Waals surface area contributed by atoms with Gasteiger partial charge < -0.3 is 15.8 Å². The summed E-state index contributed by atoms with van der Waals surface area (Å²) < 4.78 is 5.48. The molecule has 0 aromatic carbocycles. The molecule has 78 valence electrons. The molecule has 0 saturated carbocycles. The van der Waals surface area contributed by atoms with Crippen molar-refractivity contribution in [3.05, 3.63) is 5.01 Å². The van der Waals surface area contributed by atoms with Crippen molar-refractivity contribution in [3.63, 3.8) is 0 Å². The molecular weight excluding hydrogens is 200 g/mol. The maximum absolute atomic E-state index is 5.48. The van der Waals surface area contributed by atoms with Gasteiger partial charge in [0.1, 0.15) is 5.01 Å². The van der Waals surface area contributed by atoms with E-state index in [1.807, 2.05) is 0 Å². The molecule has 2 heterocycles. The second-order valence-electron chi connectivity index (χ2n) is 3.22. The summed E-state index contributed by atoms with van der Waals surface area (Å²) >= 11 is 1.50. The smallest absolute Gasteiger partial charge is 0.205 e. The molecule has 0 amide bonds. The molecule has 0 radical (unpaired) electrons. The van der Waals surface area contributed by atoms with Gasteiger partial charge in [-0.25, -0.2) is 0 Å². The highest BCUT2D eigenvalue weighted by Crippen LogP contribution is 2.16. The number of ether oxygens (including phenoxy) is 1. The molecule has 1 aliphatic rings. The SMILES string of the molecule is NCc1nnc(NCC2CCCO2)s1. The third-order valence-corrected chi connectivity index (χ3v) is 3.05. The molecule has 1 fully saturated rings. The van der Waals surface area contributed by atoms with E-state index in [0.29, 0.717) is 12.6 Å². The van der Waals surface area contributed by atoms with Gasteiger partial charge in [0, 0.05) is 19.7 Å². The third kappa shape index (κ3) is 2.40. The van der Waals surface area contributed by atoms with Gasteiger partial charge in [0.2, 0.25) is 5.13 Å². The normalized spacial score (nSPS) is 21.4. The van der Waals surface area contributed by atoms with E-state index < -0.39 is 0 Å². The van der Waals surface area contributed by atoms with E-state index in [1.54, 1.807) is 0 Å². The lowest BCUT2D eigenvalue weighted by Gasteiger charge is -2.08. The van der Waals surface area contributed by atoms with Crippen LogP contribution in [0.3, 0.4) is 0 Å². The number of nitrogens with two attached hydrogens (primary N) is 1. The van der Waals surface area contributed by atoms with E-state index in [9.17, 15) is 0 Å². The van der Waals surface area contributed by atoms with Crippen LogP contribution in [0, 0.1) is 0 Å². The van der Waals surface area contributed by atoms with Gasteiger partial charge in [0.25, 0.3) is 0 Å². The van der Waals surface area contributed by atoms with Gasteiger partial charge >= 0.3 is 0 Å². The predicted molar refractivity (Wildman–Crippen MR) is 55.3 cm³/mol. The quantitative estimate of drug-likeness (QED) is 0.767. The number of rotatable bonds is 4. The van der Waals surface area contributed by atoms with Crippen molar-refractivity contribution in [2.45, 2.75) is 25.5 Å². The lowest BCUT2D eigenvalue weighted by atomic mass is 10.2. The van der Waals surface area contributed by atoms with Crippen LogP contribution in [0.2, 0.25) is 0 Å². The first-order valence-electron chi connectivity index (χ1n) is 4.76. The van der Waals surface area contributed by atoms with Crippen molar-refractivity contribution in [3.8, 4) is 0 Å². The Bertz CT molecular complexity index is 285. The van der Waals surface area contributed by atoms with Gasteiger partial charge in [-0.2, -0.15) is 0 Å². The fourth-order valence-corrected chi connectivity index (χ4v) is 2.04. The number of nitrogens with zero attached hydrogens (tertiary/aromatic N) is 2. The van der Waals surface area contributed by atoms with E-state index >= 15 is 0 Å². The molecule has 0 bridgehead atoms. The van der Waals surface area contributed by atoms with Crippen LogP contribution >= 0.6 is 11.3 Å². The standard InChI is InChI=1S/C8H14N4OS/c9-4-7-11-12-8(14-7)10-5-6-2-1-3-13-6/h6H,1-5,9H2,(H,10,12). The van der Waals surface area contributed by atoms with Crippen molar-refractivity contribution >= 4 is 16.5 Å². The number of hydrogen-bond acceptors (Lipinski definition) is 6. The summed E-state index contributed by atoms with van der Waals surface area (Å²) in [5.74, 6) is 0. The van der Waals surface area contributed by atoms with Crippen LogP contribution in [0.15, 0.2) is 0 Å². The Balaban J connectivity index is 1.79. The number of nitrogens with one attached hydrogen (secondary N) is 1. The Kier molecular flexibility index (Phi) is 3.28. The van der Waals surface area contributed by atoms with Crippen molar-refractivity contribution in [2.24, 2.45) is 5.73 Å². The predicted octanol–water partition coefficient (Wildman–Crippen LogP) is 0.588. The topological polar surface area (TPSA) is 73.1 Å². The molecule has 1 aliphatic heterocycles. The largest absolute Gasteiger partial charge is 0.376 e. The zero-order chi connectivity index (χ0) is 9.80. The molecule has 0 spiro atoms. The van der Waals surface area contributed by atoms with Crippen molar-refractivity contribution in [1.82, 2.24) is 10.2 Å². The number of anilines is 1. The summed E-state index contributed by atoms with van der Waals surface area (Å²) in [6.07, 6.45) is 2.63. The van der Waals surface area contributed by atoms with Crippen LogP contribution < -0.4 is 11.1 Å². The summed E-state index contributed by atoms with van der Waals surface area (Å²) in [5.41, 5.74) is 5.44. The summed E-state index contributed by atoms with van der Waals surface area (Å²) in [5, 5.41) is 12.8. The molecule has 6 heteroatoms. The summed E-state index contributed by atoms with van der Waals surface area (Å²) in [7, 11) is 0. The van der Waals surface area contributed by atoms with E-state index in [4.69, 9.17) is 10.5 Å². The number of aromatic nitrogens is 2. The maximum atomic E-state index is 5.48. The molecular formula is C8H14N4OS. The van der Waals surface area contributed by atoms with Crippen LogP contribution in [0.1, 0.15) is 17.8 Å². The minimum Gasteiger partial charge on any atom is -0.376 e. The van der Waals surface area contributed by atoms with Gasteiger partial charge in [0.15, 0.2) is 0 Å². The number of hydrogen-bond donors (Lipinski definition) is 2. The molecule has 0 aliphatic carbocycles. The van der Waals surface area contributed by atoms with Crippen LogP contribution in [-0.4, -0.2) is 29.5 Å². The molecule has 14 heavy (non-hydrogen) atoms. The van der Waals surface area contributed by atoms with E-state index in [1.165, 1.54) is 11.3 Å². The van der Waals surface area contributed by atoms with Gasteiger partial charge in [-0.15, -0.1) is 10.2 Å². The fourth-order valence-electron chi connectivity index (χ4n) is 1.41. The van der Waals surface area contributed by atoms with Crippen molar-refractivity contribution in [1.29, 1.82) is 0 Å². The molecule has 1 atom stereocenters. The zero-order valence-electron chi connectivity index (χ0n) is 7.90. The van der Waals surface area contributed by atoms with Gasteiger partial charge in [-0.3, -0.25) is 0 Å². The maximum Gasteiger partial charge on any atom is 0.205 e. The lowest BCUT2D eigenvalue weighted by molar-refractivity contribution is 0.120. The highest BCUT2D eigenvalue weighted by atomic mass is 32.1. The van der Waals surface area contributed by atoms with Crippen molar-refractivity contribution < 1.29 is 4.74 Å². The molecule has 1 aromatic rings. The van der Waals surface area contributed by atoms with E-state index in [-0.39, 0.29) is 0 Å². The lowest BCUT2D eigenvalue weighted by Crippen LogP contribution is -2.18. The Morgan fingerprint density at radius 1 is 1.57 bits per heavy atom. The molecule has 2 rings (SSSR count). The third-order valence-electron chi connectivity index (χ3n) is 2.15. The Morgan fingerprint density at radius 2 is 2.50 bits per heavy atom. The molecule has 1 unspecified atom stereocenters. The Morgan fingerprint density at radius 3 is 3.14 bits per heavy atom. The minimum absolute atomic E-state index is 0.334. The van der Waals surface area contributed by atoms with Gasteiger partial charge in [0.05, 0.1) is 6.10 Å². The van der Waals surface area contributed by atoms with Crippen LogP contribution in [0.5, 0.6) is 0 Å². The average Bonchev–Trinajstić information content (AvgIpc) is 2.86. The zero-order valence-corrected chi connectivity index (χ0v) is 8.72. The highest BCUT2D eigenvalue weighted by molar-refractivity contribution is 7.15. The second-order valence-corrected chi connectivity index (χ2v) is 4.28. The second kappa shape index (κ2) is 4.68. The van der Waals surface area contributed by atoms with Crippen LogP contribution in [0.4, 0.5) is 5.13 Å². The Hall–Kier alpha value is -0.720. The Labute approximate surface area is 86.7 Å². The van der Waals surface area contributed by atoms with Crippen LogP contribution in [-0.2, 0) is 11.3 Å². The monoisotopic (exact) mass is 214 g/mol. The summed E-state index contributed by atoms with van der Waals surface area (Å²) in [6, 6.07) is 0. The van der Waals surface area contributed by atoms with Gasteiger partial charge in [-0.1, -0.05) is 11.3 Å². The average molecular weight is 214 g/mol. The van der Waals surface area contributed by atoms with E-state index in [2.05, 4.69) is 15.5 Å². The molecule has 3 N–H and O–H groups in total. The summed E-state index contributed by atoms with van der Waals surface area (Å²) in [6.45, 7) is 2.16. The first-order valence-corrected chi connectivity index (χ1v) is 5.58. The molecule has 5 nitrogen and oxygen atoms in total.